The fraction of sp³-hybridized carbons (Fsp3) is 0.267. The van der Waals surface area contributed by atoms with E-state index < -0.39 is 10.0 Å². The van der Waals surface area contributed by atoms with Crippen LogP contribution in [0.25, 0.3) is 0 Å². The molecule has 0 atom stereocenters. The van der Waals surface area contributed by atoms with Crippen LogP contribution in [-0.4, -0.2) is 44.2 Å². The monoisotopic (exact) mass is 356 g/mol. The van der Waals surface area contributed by atoms with Crippen LogP contribution in [-0.2, 0) is 21.4 Å². The van der Waals surface area contributed by atoms with Crippen molar-refractivity contribution in [2.24, 2.45) is 0 Å². The fourth-order valence-electron chi connectivity index (χ4n) is 1.96. The number of thiophene rings is 1. The number of sulfonamides is 1. The van der Waals surface area contributed by atoms with Gasteiger partial charge in [0.2, 0.25) is 5.91 Å². The Morgan fingerprint density at radius 2 is 1.96 bits per heavy atom. The van der Waals surface area contributed by atoms with Crippen LogP contribution in [0.15, 0.2) is 46.0 Å². The van der Waals surface area contributed by atoms with E-state index in [1.54, 1.807) is 30.6 Å². The van der Waals surface area contributed by atoms with Crippen LogP contribution in [0.3, 0.4) is 0 Å². The van der Waals surface area contributed by atoms with Crippen LogP contribution < -0.4 is 0 Å². The highest BCUT2D eigenvalue weighted by molar-refractivity contribution is 7.91. The number of carbonyl (C=O) groups is 1. The second-order valence-electron chi connectivity index (χ2n) is 5.07. The average molecular weight is 356 g/mol. The Bertz CT molecular complexity index is 776. The van der Waals surface area contributed by atoms with Gasteiger partial charge in [0.25, 0.3) is 10.0 Å². The molecule has 1 aromatic heterocycles. The summed E-state index contributed by atoms with van der Waals surface area (Å²) in [6, 6.07) is 9.08. The van der Waals surface area contributed by atoms with Crippen molar-refractivity contribution in [3.05, 3.63) is 53.2 Å². The normalized spacial score (nSPS) is 11.7. The van der Waals surface area contributed by atoms with Crippen molar-refractivity contribution in [2.45, 2.75) is 10.8 Å². The van der Waals surface area contributed by atoms with E-state index >= 15 is 0 Å². The first kappa shape index (κ1) is 17.6. The number of carbonyl (C=O) groups excluding carboxylic acids is 1. The number of halogens is 1. The molecule has 0 bridgehead atoms. The Kier molecular flexibility index (Phi) is 5.51. The molecular formula is C15H17FN2O3S2. The number of nitrogens with zero attached hydrogens (tertiary/aromatic N) is 2. The zero-order valence-electron chi connectivity index (χ0n) is 12.8. The molecule has 0 saturated carbocycles. The SMILES string of the molecule is CN(Cc1cccc(F)c1)C(=O)CN(C)S(=O)(=O)c1cccs1. The van der Waals surface area contributed by atoms with Gasteiger partial charge in [0.05, 0.1) is 6.54 Å². The topological polar surface area (TPSA) is 57.7 Å². The first-order valence-corrected chi connectivity index (χ1v) is 9.11. The lowest BCUT2D eigenvalue weighted by atomic mass is 10.2. The number of likely N-dealkylation sites (N-methyl/N-ethyl adjacent to an activating group) is 2. The summed E-state index contributed by atoms with van der Waals surface area (Å²) in [4.78, 5) is 13.6. The van der Waals surface area contributed by atoms with E-state index in [2.05, 4.69) is 0 Å². The summed E-state index contributed by atoms with van der Waals surface area (Å²) < 4.78 is 38.9. The maximum atomic E-state index is 13.2. The van der Waals surface area contributed by atoms with Gasteiger partial charge in [-0.25, -0.2) is 12.8 Å². The van der Waals surface area contributed by atoms with Crippen LogP contribution in [0.1, 0.15) is 5.56 Å². The van der Waals surface area contributed by atoms with E-state index in [0.29, 0.717) is 5.56 Å². The molecule has 0 radical (unpaired) electrons. The van der Waals surface area contributed by atoms with Gasteiger partial charge in [0.15, 0.2) is 0 Å². The van der Waals surface area contributed by atoms with Gasteiger partial charge in [0.1, 0.15) is 10.0 Å². The van der Waals surface area contributed by atoms with E-state index in [1.807, 2.05) is 0 Å². The number of amides is 1. The molecular weight excluding hydrogens is 339 g/mol. The van der Waals surface area contributed by atoms with Gasteiger partial charge < -0.3 is 4.90 Å². The molecule has 2 rings (SSSR count). The van der Waals surface area contributed by atoms with Crippen LogP contribution in [0.2, 0.25) is 0 Å². The minimum absolute atomic E-state index is 0.195. The van der Waals surface area contributed by atoms with Gasteiger partial charge in [-0.3, -0.25) is 4.79 Å². The van der Waals surface area contributed by atoms with E-state index in [9.17, 15) is 17.6 Å². The van der Waals surface area contributed by atoms with Crippen molar-refractivity contribution < 1.29 is 17.6 Å². The molecule has 0 saturated heterocycles. The Morgan fingerprint density at radius 3 is 2.57 bits per heavy atom. The maximum absolute atomic E-state index is 13.2. The Morgan fingerprint density at radius 1 is 1.22 bits per heavy atom. The summed E-state index contributed by atoms with van der Waals surface area (Å²) in [5.74, 6) is -0.738. The molecule has 0 aliphatic rings. The zero-order valence-corrected chi connectivity index (χ0v) is 14.4. The largest absolute Gasteiger partial charge is 0.340 e. The lowest BCUT2D eigenvalue weighted by Crippen LogP contribution is -2.38. The third-order valence-corrected chi connectivity index (χ3v) is 6.43. The lowest BCUT2D eigenvalue weighted by Gasteiger charge is -2.21. The Labute approximate surface area is 139 Å². The highest BCUT2D eigenvalue weighted by atomic mass is 32.2. The van der Waals surface area contributed by atoms with E-state index in [1.165, 1.54) is 30.1 Å². The Hall–Kier alpha value is -1.77. The number of hydrogen-bond donors (Lipinski definition) is 0. The third-order valence-electron chi connectivity index (χ3n) is 3.25. The van der Waals surface area contributed by atoms with E-state index in [0.717, 1.165) is 15.6 Å². The molecule has 2 aromatic rings. The van der Waals surface area contributed by atoms with Gasteiger partial charge in [-0.1, -0.05) is 18.2 Å². The molecule has 0 unspecified atom stereocenters. The summed E-state index contributed by atoms with van der Waals surface area (Å²) >= 11 is 1.10. The first-order valence-electron chi connectivity index (χ1n) is 6.79. The minimum atomic E-state index is -3.66. The predicted molar refractivity (Wildman–Crippen MR) is 87.0 cm³/mol. The third kappa shape index (κ3) is 4.37. The summed E-state index contributed by atoms with van der Waals surface area (Å²) in [6.45, 7) is -0.0600. The molecule has 23 heavy (non-hydrogen) atoms. The summed E-state index contributed by atoms with van der Waals surface area (Å²) in [5, 5.41) is 1.67. The second kappa shape index (κ2) is 7.20. The Balaban J connectivity index is 2.01. The molecule has 1 amide bonds. The smallest absolute Gasteiger partial charge is 0.252 e. The number of hydrogen-bond acceptors (Lipinski definition) is 4. The second-order valence-corrected chi connectivity index (χ2v) is 8.29. The average Bonchev–Trinajstić information content (AvgIpc) is 3.01. The quantitative estimate of drug-likeness (QED) is 0.797. The zero-order chi connectivity index (χ0) is 17.0. The molecule has 1 heterocycles. The van der Waals surface area contributed by atoms with Gasteiger partial charge >= 0.3 is 0 Å². The predicted octanol–water partition coefficient (Wildman–Crippen LogP) is 2.17. The van der Waals surface area contributed by atoms with Crippen molar-refractivity contribution in [1.29, 1.82) is 0 Å². The molecule has 0 spiro atoms. The van der Waals surface area contributed by atoms with E-state index in [-0.39, 0.29) is 29.0 Å². The molecule has 124 valence electrons. The van der Waals surface area contributed by atoms with Gasteiger partial charge in [-0.05, 0) is 29.1 Å². The summed E-state index contributed by atoms with van der Waals surface area (Å²) in [7, 11) is -0.741. The molecule has 5 nitrogen and oxygen atoms in total. The molecule has 0 aliphatic heterocycles. The van der Waals surface area contributed by atoms with Gasteiger partial charge in [-0.2, -0.15) is 4.31 Å². The molecule has 1 aromatic carbocycles. The number of rotatable bonds is 6. The number of benzene rings is 1. The maximum Gasteiger partial charge on any atom is 0.252 e. The molecule has 0 N–H and O–H groups in total. The molecule has 8 heteroatoms. The standard InChI is InChI=1S/C15H17FN2O3S2/c1-17(10-12-5-3-6-13(16)9-12)14(19)11-18(2)23(20,21)15-7-4-8-22-15/h3-9H,10-11H2,1-2H3. The van der Waals surface area contributed by atoms with Crippen LogP contribution in [0.5, 0.6) is 0 Å². The van der Waals surface area contributed by atoms with Gasteiger partial charge in [0, 0.05) is 20.6 Å². The summed E-state index contributed by atoms with van der Waals surface area (Å²) in [6.07, 6.45) is 0. The van der Waals surface area contributed by atoms with Crippen molar-refractivity contribution in [3.8, 4) is 0 Å². The molecule has 0 fully saturated rings. The van der Waals surface area contributed by atoms with Crippen molar-refractivity contribution in [2.75, 3.05) is 20.6 Å². The highest BCUT2D eigenvalue weighted by Gasteiger charge is 2.25. The fourth-order valence-corrected chi connectivity index (χ4v) is 4.28. The highest BCUT2D eigenvalue weighted by Crippen LogP contribution is 2.19. The van der Waals surface area contributed by atoms with Crippen molar-refractivity contribution in [1.82, 2.24) is 9.21 Å². The first-order chi connectivity index (χ1) is 10.8. The van der Waals surface area contributed by atoms with Crippen LogP contribution >= 0.6 is 11.3 Å². The van der Waals surface area contributed by atoms with Crippen LogP contribution in [0, 0.1) is 5.82 Å². The van der Waals surface area contributed by atoms with E-state index in [4.69, 9.17) is 0 Å². The summed E-state index contributed by atoms with van der Waals surface area (Å²) in [5.41, 5.74) is 0.643. The lowest BCUT2D eigenvalue weighted by molar-refractivity contribution is -0.130. The van der Waals surface area contributed by atoms with Crippen molar-refractivity contribution in [3.63, 3.8) is 0 Å². The van der Waals surface area contributed by atoms with Crippen LogP contribution in [0.4, 0.5) is 4.39 Å². The molecule has 0 aliphatic carbocycles. The minimum Gasteiger partial charge on any atom is -0.340 e. The van der Waals surface area contributed by atoms with Gasteiger partial charge in [-0.15, -0.1) is 11.3 Å². The van der Waals surface area contributed by atoms with Crippen molar-refractivity contribution >= 4 is 27.3 Å².